The van der Waals surface area contributed by atoms with E-state index in [0.717, 1.165) is 28.2 Å². The molecule has 7 nitrogen and oxygen atoms in total. The first-order valence-electron chi connectivity index (χ1n) is 9.92. The molecule has 1 amide bonds. The lowest BCUT2D eigenvalue weighted by Gasteiger charge is -2.22. The van der Waals surface area contributed by atoms with Crippen molar-refractivity contribution in [2.45, 2.75) is 13.8 Å². The normalized spacial score (nSPS) is 11.1. The molecular weight excluding hydrogens is 434 g/mol. The number of carbonyl (C=O) groups excluding carboxylic acids is 1. The second-order valence-corrected chi connectivity index (χ2v) is 8.28. The lowest BCUT2D eigenvalue weighted by Crippen LogP contribution is -2.37. The highest BCUT2D eigenvalue weighted by Crippen LogP contribution is 2.35. The molecule has 0 saturated heterocycles. The van der Waals surface area contributed by atoms with Crippen molar-refractivity contribution in [3.8, 4) is 5.75 Å². The number of para-hydroxylation sites is 1. The Balaban J connectivity index is 0.00000272. The summed E-state index contributed by atoms with van der Waals surface area (Å²) >= 11 is 1.50. The maximum absolute atomic E-state index is 13.7. The van der Waals surface area contributed by atoms with Crippen LogP contribution in [0.15, 0.2) is 42.6 Å². The number of rotatable bonds is 7. The van der Waals surface area contributed by atoms with Crippen LogP contribution in [-0.4, -0.2) is 59.0 Å². The fourth-order valence-corrected chi connectivity index (χ4v) is 4.39. The Kier molecular flexibility index (Phi) is 7.15. The van der Waals surface area contributed by atoms with Gasteiger partial charge in [-0.25, -0.2) is 9.97 Å². The van der Waals surface area contributed by atoms with Gasteiger partial charge in [0.25, 0.3) is 5.91 Å². The number of benzene rings is 1. The fourth-order valence-electron chi connectivity index (χ4n) is 3.38. The number of thiazole rings is 1. The predicted octanol–water partition coefficient (Wildman–Crippen LogP) is 4.28. The van der Waals surface area contributed by atoms with Gasteiger partial charge >= 0.3 is 0 Å². The number of fused-ring (bicyclic) bond motifs is 2. The molecule has 0 atom stereocenters. The SMILES string of the molecule is CCOc1cccc2sc(N(CCN(C)C)C(=O)c3c(C)nc4ccccn34)nc12.Cl. The van der Waals surface area contributed by atoms with Crippen LogP contribution in [0.2, 0.25) is 0 Å². The fraction of sp³-hybridized carbons (Fsp3) is 0.318. The van der Waals surface area contributed by atoms with Crippen molar-refractivity contribution < 1.29 is 9.53 Å². The Morgan fingerprint density at radius 2 is 1.94 bits per heavy atom. The smallest absolute Gasteiger partial charge is 0.279 e. The number of ether oxygens (including phenoxy) is 1. The highest BCUT2D eigenvalue weighted by Gasteiger charge is 2.26. The third-order valence-electron chi connectivity index (χ3n) is 4.82. The first-order valence-corrected chi connectivity index (χ1v) is 10.7. The molecular formula is C22H26ClN5O2S. The average molecular weight is 460 g/mol. The summed E-state index contributed by atoms with van der Waals surface area (Å²) in [5.41, 5.74) is 2.82. The number of halogens is 1. The lowest BCUT2D eigenvalue weighted by molar-refractivity contribution is 0.0979. The minimum atomic E-state index is -0.106. The van der Waals surface area contributed by atoms with E-state index in [2.05, 4.69) is 9.88 Å². The van der Waals surface area contributed by atoms with Crippen LogP contribution in [0, 0.1) is 6.92 Å². The number of imidazole rings is 1. The Morgan fingerprint density at radius 1 is 1.13 bits per heavy atom. The van der Waals surface area contributed by atoms with Crippen molar-refractivity contribution in [3.63, 3.8) is 0 Å². The average Bonchev–Trinajstić information content (AvgIpc) is 3.28. The van der Waals surface area contributed by atoms with Gasteiger partial charge < -0.3 is 9.64 Å². The van der Waals surface area contributed by atoms with Gasteiger partial charge in [-0.05, 0) is 52.2 Å². The van der Waals surface area contributed by atoms with E-state index in [0.29, 0.717) is 29.7 Å². The highest BCUT2D eigenvalue weighted by atomic mass is 35.5. The number of pyridine rings is 1. The summed E-state index contributed by atoms with van der Waals surface area (Å²) < 4.78 is 8.58. The zero-order valence-electron chi connectivity index (χ0n) is 18.0. The first kappa shape index (κ1) is 23.0. The number of aromatic nitrogens is 3. The first-order chi connectivity index (χ1) is 14.5. The molecule has 0 N–H and O–H groups in total. The molecule has 1 aromatic carbocycles. The molecule has 0 aliphatic carbocycles. The maximum atomic E-state index is 13.7. The largest absolute Gasteiger partial charge is 0.492 e. The summed E-state index contributed by atoms with van der Waals surface area (Å²) in [6.45, 7) is 5.63. The molecule has 9 heteroatoms. The zero-order chi connectivity index (χ0) is 21.3. The van der Waals surface area contributed by atoms with Crippen LogP contribution in [-0.2, 0) is 0 Å². The predicted molar refractivity (Wildman–Crippen MR) is 128 cm³/mol. The zero-order valence-corrected chi connectivity index (χ0v) is 19.7. The van der Waals surface area contributed by atoms with Gasteiger partial charge in [-0.15, -0.1) is 12.4 Å². The third-order valence-corrected chi connectivity index (χ3v) is 5.87. The second kappa shape index (κ2) is 9.64. The Bertz CT molecular complexity index is 1200. The Morgan fingerprint density at radius 3 is 2.68 bits per heavy atom. The molecule has 0 saturated carbocycles. The quantitative estimate of drug-likeness (QED) is 0.412. The Labute approximate surface area is 191 Å². The molecule has 31 heavy (non-hydrogen) atoms. The van der Waals surface area contributed by atoms with Gasteiger partial charge in [0.15, 0.2) is 5.13 Å². The van der Waals surface area contributed by atoms with E-state index in [1.807, 2.05) is 74.9 Å². The van der Waals surface area contributed by atoms with Gasteiger partial charge in [0, 0.05) is 19.3 Å². The van der Waals surface area contributed by atoms with E-state index in [4.69, 9.17) is 9.72 Å². The van der Waals surface area contributed by atoms with Crippen molar-refractivity contribution in [1.82, 2.24) is 19.3 Å². The number of nitrogens with zero attached hydrogens (tertiary/aromatic N) is 5. The van der Waals surface area contributed by atoms with E-state index >= 15 is 0 Å². The number of carbonyl (C=O) groups is 1. The number of aryl methyl sites for hydroxylation is 1. The third kappa shape index (κ3) is 4.51. The van der Waals surface area contributed by atoms with Crippen LogP contribution in [0.5, 0.6) is 5.75 Å². The van der Waals surface area contributed by atoms with Gasteiger partial charge in [-0.3, -0.25) is 14.1 Å². The summed E-state index contributed by atoms with van der Waals surface area (Å²) in [6, 6.07) is 11.6. The molecule has 164 valence electrons. The van der Waals surface area contributed by atoms with Gasteiger partial charge in [0.2, 0.25) is 0 Å². The molecule has 0 unspecified atom stereocenters. The molecule has 3 aromatic heterocycles. The molecule has 0 aliphatic heterocycles. The van der Waals surface area contributed by atoms with Crippen molar-refractivity contribution in [2.24, 2.45) is 0 Å². The number of amides is 1. The van der Waals surface area contributed by atoms with Gasteiger partial charge in [-0.1, -0.05) is 23.5 Å². The minimum absolute atomic E-state index is 0. The monoisotopic (exact) mass is 459 g/mol. The lowest BCUT2D eigenvalue weighted by atomic mass is 10.3. The molecule has 3 heterocycles. The van der Waals surface area contributed by atoms with Crippen LogP contribution in [0.1, 0.15) is 23.1 Å². The van der Waals surface area contributed by atoms with Crippen molar-refractivity contribution >= 4 is 50.6 Å². The summed E-state index contributed by atoms with van der Waals surface area (Å²) in [5.74, 6) is 0.633. The molecule has 0 fully saturated rings. The number of likely N-dealkylation sites (N-methyl/N-ethyl adjacent to an activating group) is 1. The molecule has 0 bridgehead atoms. The summed E-state index contributed by atoms with van der Waals surface area (Å²) in [7, 11) is 3.99. The highest BCUT2D eigenvalue weighted by molar-refractivity contribution is 7.22. The number of hydrogen-bond acceptors (Lipinski definition) is 6. The van der Waals surface area contributed by atoms with Crippen LogP contribution < -0.4 is 9.64 Å². The van der Waals surface area contributed by atoms with E-state index < -0.39 is 0 Å². The summed E-state index contributed by atoms with van der Waals surface area (Å²) in [6.07, 6.45) is 1.87. The van der Waals surface area contributed by atoms with E-state index in [-0.39, 0.29) is 18.3 Å². The summed E-state index contributed by atoms with van der Waals surface area (Å²) in [4.78, 5) is 26.9. The molecule has 4 rings (SSSR count). The van der Waals surface area contributed by atoms with E-state index in [9.17, 15) is 4.79 Å². The van der Waals surface area contributed by atoms with Gasteiger partial charge in [-0.2, -0.15) is 0 Å². The van der Waals surface area contributed by atoms with Crippen LogP contribution in [0.25, 0.3) is 15.9 Å². The van der Waals surface area contributed by atoms with Crippen LogP contribution >= 0.6 is 23.7 Å². The summed E-state index contributed by atoms with van der Waals surface area (Å²) in [5, 5.41) is 0.661. The second-order valence-electron chi connectivity index (χ2n) is 7.27. The topological polar surface area (TPSA) is 63.0 Å². The standard InChI is InChI=1S/C22H25N5O2S.ClH/c1-5-29-16-9-8-10-17-19(16)24-22(30-17)27(14-13-25(3)4)21(28)20-15(2)23-18-11-6-7-12-26(18)20;/h6-12H,5,13-14H2,1-4H3;1H. The number of hydrogen-bond donors (Lipinski definition) is 0. The van der Waals surface area contributed by atoms with Crippen LogP contribution in [0.3, 0.4) is 0 Å². The molecule has 0 aliphatic rings. The Hall–Kier alpha value is -2.68. The minimum Gasteiger partial charge on any atom is -0.492 e. The van der Waals surface area contributed by atoms with Crippen molar-refractivity contribution in [3.05, 3.63) is 54.0 Å². The van der Waals surface area contributed by atoms with Crippen LogP contribution in [0.4, 0.5) is 5.13 Å². The van der Waals surface area contributed by atoms with Gasteiger partial charge in [0.1, 0.15) is 22.6 Å². The van der Waals surface area contributed by atoms with Crippen molar-refractivity contribution in [2.75, 3.05) is 38.7 Å². The molecule has 4 aromatic rings. The molecule has 0 radical (unpaired) electrons. The van der Waals surface area contributed by atoms with E-state index in [1.165, 1.54) is 11.3 Å². The van der Waals surface area contributed by atoms with E-state index in [1.54, 1.807) is 4.90 Å². The number of anilines is 1. The maximum Gasteiger partial charge on any atom is 0.279 e. The van der Waals surface area contributed by atoms with Gasteiger partial charge in [0.05, 0.1) is 17.0 Å². The molecule has 0 spiro atoms. The van der Waals surface area contributed by atoms with Crippen molar-refractivity contribution in [1.29, 1.82) is 0 Å².